The lowest BCUT2D eigenvalue weighted by molar-refractivity contribution is 0.0979. The number of pyridine rings is 1. The maximum absolute atomic E-state index is 13.3. The number of amides is 1. The maximum atomic E-state index is 13.3. The molecule has 0 aliphatic carbocycles. The predicted octanol–water partition coefficient (Wildman–Crippen LogP) is 2.88. The van der Waals surface area contributed by atoms with Gasteiger partial charge in [0.2, 0.25) is 0 Å². The molecule has 0 saturated carbocycles. The first kappa shape index (κ1) is 24.4. The van der Waals surface area contributed by atoms with Gasteiger partial charge in [-0.2, -0.15) is 12.7 Å². The third-order valence-corrected chi connectivity index (χ3v) is 8.02. The van der Waals surface area contributed by atoms with E-state index in [1.807, 2.05) is 24.3 Å². The van der Waals surface area contributed by atoms with Crippen LogP contribution < -0.4 is 20.1 Å². The molecule has 4 rings (SSSR count). The molecule has 0 bridgehead atoms. The topological polar surface area (TPSA) is 118 Å². The Kier molecular flexibility index (Phi) is 6.58. The van der Waals surface area contributed by atoms with E-state index in [-0.39, 0.29) is 26.5 Å². The third-order valence-electron chi connectivity index (χ3n) is 6.56. The minimum atomic E-state index is -4.00. The Labute approximate surface area is 204 Å². The molecular formula is C24H37N5O4S. The highest BCUT2D eigenvalue weighted by Gasteiger charge is 2.39. The van der Waals surface area contributed by atoms with Gasteiger partial charge in [0.1, 0.15) is 11.6 Å². The number of anilines is 1. The molecule has 2 aromatic rings. The van der Waals surface area contributed by atoms with E-state index in [1.165, 1.54) is 4.31 Å². The van der Waals surface area contributed by atoms with Gasteiger partial charge in [0.25, 0.3) is 5.91 Å². The summed E-state index contributed by atoms with van der Waals surface area (Å²) >= 11 is 0. The quantitative estimate of drug-likeness (QED) is 0.638. The summed E-state index contributed by atoms with van der Waals surface area (Å²) in [6.45, 7) is 7.59. The lowest BCUT2D eigenvalue weighted by atomic mass is 9.97. The number of methoxy groups -OCH3 is 1. The van der Waals surface area contributed by atoms with Crippen LogP contribution in [0.1, 0.15) is 46.8 Å². The molecule has 0 radical (unpaired) electrons. The van der Waals surface area contributed by atoms with E-state index in [2.05, 4.69) is 30.4 Å². The van der Waals surface area contributed by atoms with Crippen molar-refractivity contribution >= 4 is 21.9 Å². The zero-order chi connectivity index (χ0) is 24.7. The Morgan fingerprint density at radius 3 is 2.65 bits per heavy atom. The first-order chi connectivity index (χ1) is 16.0. The van der Waals surface area contributed by atoms with E-state index in [0.717, 1.165) is 18.5 Å². The first-order valence-corrected chi connectivity index (χ1v) is 12.9. The number of ether oxygens (including phenoxy) is 1. The second-order valence-electron chi connectivity index (χ2n) is 9.87. The Hall–Kier alpha value is -2.69. The molecule has 3 heterocycles. The van der Waals surface area contributed by atoms with Crippen LogP contribution in [0, 0.1) is 5.92 Å². The number of nitrogens with two attached hydrogens (primary N) is 1. The average Bonchev–Trinajstić information content (AvgIpc) is 3.35. The number of rotatable bonds is 6. The van der Waals surface area contributed by atoms with Crippen molar-refractivity contribution in [2.45, 2.75) is 45.2 Å². The summed E-state index contributed by atoms with van der Waals surface area (Å²) in [6.07, 6.45) is 1.50. The van der Waals surface area contributed by atoms with Crippen LogP contribution in [-0.2, 0) is 10.2 Å². The largest absolute Gasteiger partial charge is 0.497 e. The summed E-state index contributed by atoms with van der Waals surface area (Å²) in [6, 6.07) is 10.7. The molecule has 2 atom stereocenters. The molecule has 188 valence electrons. The van der Waals surface area contributed by atoms with E-state index in [4.69, 9.17) is 15.5 Å². The smallest absolute Gasteiger partial charge is 0.304 e. The molecule has 34 heavy (non-hydrogen) atoms. The van der Waals surface area contributed by atoms with Crippen molar-refractivity contribution in [2.75, 3.05) is 31.6 Å². The molecule has 2 aliphatic heterocycles. The van der Waals surface area contributed by atoms with Crippen LogP contribution in [0.4, 0.5) is 5.82 Å². The van der Waals surface area contributed by atoms with Gasteiger partial charge in [-0.3, -0.25) is 4.79 Å². The standard InChI is InChI=1S/C24H33N5O4S.2H2/c1-16-13-24(2,3)29(14-16)22-20(23(30)27-34(31,32)28-11-10-18(25)15-28)8-9-21(26-22)17-6-5-7-19(12-17)33-4;;/h5-9,12,16,18H,10-11,13-15,25H2,1-4H3,(H,27,30);2*1H/t16-,18-;;/m0../s1. The molecule has 2 fully saturated rings. The number of benzene rings is 1. The third kappa shape index (κ3) is 4.89. The number of nitrogens with one attached hydrogen (secondary N) is 1. The van der Waals surface area contributed by atoms with E-state index < -0.39 is 16.1 Å². The van der Waals surface area contributed by atoms with Crippen molar-refractivity contribution in [3.63, 3.8) is 0 Å². The Morgan fingerprint density at radius 1 is 1.26 bits per heavy atom. The second kappa shape index (κ2) is 9.16. The highest BCUT2D eigenvalue weighted by molar-refractivity contribution is 7.87. The molecule has 1 aromatic heterocycles. The van der Waals surface area contributed by atoms with Crippen molar-refractivity contribution < 1.29 is 20.8 Å². The van der Waals surface area contributed by atoms with Crippen molar-refractivity contribution in [1.82, 2.24) is 14.0 Å². The van der Waals surface area contributed by atoms with Gasteiger partial charge in [0.15, 0.2) is 0 Å². The Balaban J connectivity index is 0.00000228. The van der Waals surface area contributed by atoms with E-state index >= 15 is 0 Å². The lowest BCUT2D eigenvalue weighted by Gasteiger charge is -2.34. The minimum Gasteiger partial charge on any atom is -0.497 e. The maximum Gasteiger partial charge on any atom is 0.304 e. The van der Waals surface area contributed by atoms with Crippen LogP contribution in [0.5, 0.6) is 5.75 Å². The van der Waals surface area contributed by atoms with Crippen LogP contribution in [0.15, 0.2) is 36.4 Å². The molecule has 1 amide bonds. The molecule has 1 aromatic carbocycles. The number of aromatic nitrogens is 1. The summed E-state index contributed by atoms with van der Waals surface area (Å²) in [5, 5.41) is 0. The second-order valence-corrected chi connectivity index (χ2v) is 11.5. The summed E-state index contributed by atoms with van der Waals surface area (Å²) in [7, 11) is -2.40. The van der Waals surface area contributed by atoms with Crippen molar-refractivity contribution in [3.05, 3.63) is 42.0 Å². The number of hydrogen-bond donors (Lipinski definition) is 2. The lowest BCUT2D eigenvalue weighted by Crippen LogP contribution is -2.44. The molecule has 9 nitrogen and oxygen atoms in total. The fourth-order valence-corrected chi connectivity index (χ4v) is 6.15. The van der Waals surface area contributed by atoms with Crippen molar-refractivity contribution in [3.8, 4) is 17.0 Å². The molecule has 2 saturated heterocycles. The monoisotopic (exact) mass is 491 g/mol. The van der Waals surface area contributed by atoms with Gasteiger partial charge in [-0.25, -0.2) is 9.71 Å². The molecular weight excluding hydrogens is 454 g/mol. The van der Waals surface area contributed by atoms with Crippen LogP contribution in [0.25, 0.3) is 11.3 Å². The molecule has 3 N–H and O–H groups in total. The highest BCUT2D eigenvalue weighted by Crippen LogP contribution is 2.38. The Bertz CT molecular complexity index is 1190. The zero-order valence-corrected chi connectivity index (χ0v) is 20.9. The summed E-state index contributed by atoms with van der Waals surface area (Å²) < 4.78 is 34.4. The van der Waals surface area contributed by atoms with Gasteiger partial charge in [0, 0.05) is 39.6 Å². The fraction of sp³-hybridized carbons (Fsp3) is 0.500. The minimum absolute atomic E-state index is 0. The first-order valence-electron chi connectivity index (χ1n) is 11.5. The summed E-state index contributed by atoms with van der Waals surface area (Å²) in [4.78, 5) is 20.3. The number of carbonyl (C=O) groups is 1. The van der Waals surface area contributed by atoms with Crippen LogP contribution in [0.3, 0.4) is 0 Å². The fourth-order valence-electron chi connectivity index (χ4n) is 4.94. The van der Waals surface area contributed by atoms with Gasteiger partial charge in [0.05, 0.1) is 18.4 Å². The predicted molar refractivity (Wildman–Crippen MR) is 136 cm³/mol. The summed E-state index contributed by atoms with van der Waals surface area (Å²) in [5.41, 5.74) is 7.36. The van der Waals surface area contributed by atoms with Crippen LogP contribution in [-0.4, -0.2) is 61.9 Å². The highest BCUT2D eigenvalue weighted by atomic mass is 32.2. The van der Waals surface area contributed by atoms with Gasteiger partial charge < -0.3 is 15.4 Å². The van der Waals surface area contributed by atoms with Gasteiger partial charge in [-0.1, -0.05) is 19.1 Å². The van der Waals surface area contributed by atoms with Crippen LogP contribution in [0.2, 0.25) is 0 Å². The zero-order valence-electron chi connectivity index (χ0n) is 20.1. The van der Waals surface area contributed by atoms with Gasteiger partial charge in [-0.15, -0.1) is 0 Å². The molecule has 2 aliphatic rings. The number of nitrogens with zero attached hydrogens (tertiary/aromatic N) is 3. The SMILES string of the molecule is COc1cccc(-c2ccc(C(=O)NS(=O)(=O)N3CC[C@H](N)C3)c(N3C[C@@H](C)CC3(C)C)n2)c1.[HH].[HH]. The summed E-state index contributed by atoms with van der Waals surface area (Å²) in [5.74, 6) is 0.881. The normalized spacial score (nSPS) is 22.7. The van der Waals surface area contributed by atoms with E-state index in [9.17, 15) is 13.2 Å². The molecule has 10 heteroatoms. The van der Waals surface area contributed by atoms with Gasteiger partial charge in [-0.05, 0) is 56.9 Å². The van der Waals surface area contributed by atoms with Gasteiger partial charge >= 0.3 is 10.2 Å². The van der Waals surface area contributed by atoms with Crippen molar-refractivity contribution in [1.29, 1.82) is 0 Å². The van der Waals surface area contributed by atoms with Crippen molar-refractivity contribution in [2.24, 2.45) is 11.7 Å². The van der Waals surface area contributed by atoms with E-state index in [0.29, 0.717) is 36.1 Å². The number of hydrogen-bond acceptors (Lipinski definition) is 7. The Morgan fingerprint density at radius 2 is 2.03 bits per heavy atom. The molecule has 0 unspecified atom stereocenters. The molecule has 0 spiro atoms. The number of carbonyl (C=O) groups excluding carboxylic acids is 1. The van der Waals surface area contributed by atoms with E-state index in [1.54, 1.807) is 19.2 Å². The average molecular weight is 492 g/mol. The van der Waals surface area contributed by atoms with Crippen LogP contribution >= 0.6 is 0 Å².